The van der Waals surface area contributed by atoms with E-state index in [0.717, 1.165) is 5.56 Å². The standard InChI is InChI=1S/C14H11N5O/c15-8-10-4-1-2-5-11(10)9-20-12-6-3-7-19-13(12)17-14(16)18-19/h1-7H,9H2,(H2,16,18). The van der Waals surface area contributed by atoms with Crippen molar-refractivity contribution in [2.24, 2.45) is 0 Å². The van der Waals surface area contributed by atoms with Crippen molar-refractivity contribution in [1.82, 2.24) is 14.6 Å². The van der Waals surface area contributed by atoms with E-state index in [-0.39, 0.29) is 12.6 Å². The average Bonchev–Trinajstić information content (AvgIpc) is 2.86. The predicted molar refractivity (Wildman–Crippen MR) is 72.9 cm³/mol. The third-order valence-electron chi connectivity index (χ3n) is 2.86. The third-order valence-corrected chi connectivity index (χ3v) is 2.86. The van der Waals surface area contributed by atoms with E-state index in [2.05, 4.69) is 16.2 Å². The van der Waals surface area contributed by atoms with Crippen LogP contribution in [0.15, 0.2) is 42.6 Å². The van der Waals surface area contributed by atoms with Gasteiger partial charge in [-0.2, -0.15) is 10.2 Å². The molecule has 2 aromatic heterocycles. The van der Waals surface area contributed by atoms with Crippen molar-refractivity contribution < 1.29 is 4.74 Å². The fraction of sp³-hybridized carbons (Fsp3) is 0.0714. The highest BCUT2D eigenvalue weighted by atomic mass is 16.5. The minimum absolute atomic E-state index is 0.193. The molecule has 0 atom stereocenters. The van der Waals surface area contributed by atoms with Crippen LogP contribution in [0.5, 0.6) is 5.75 Å². The zero-order valence-electron chi connectivity index (χ0n) is 10.5. The van der Waals surface area contributed by atoms with Crippen molar-refractivity contribution >= 4 is 11.6 Å². The number of ether oxygens (including phenoxy) is 1. The second-order valence-corrected chi connectivity index (χ2v) is 4.17. The van der Waals surface area contributed by atoms with Crippen LogP contribution >= 0.6 is 0 Å². The minimum Gasteiger partial charge on any atom is -0.485 e. The lowest BCUT2D eigenvalue weighted by atomic mass is 10.1. The second-order valence-electron chi connectivity index (χ2n) is 4.17. The SMILES string of the molecule is N#Cc1ccccc1COc1cccn2nc(N)nc12. The Morgan fingerprint density at radius 1 is 1.25 bits per heavy atom. The molecule has 98 valence electrons. The summed E-state index contributed by atoms with van der Waals surface area (Å²) >= 11 is 0. The van der Waals surface area contributed by atoms with Gasteiger partial charge in [0, 0.05) is 11.8 Å². The zero-order chi connectivity index (χ0) is 13.9. The fourth-order valence-corrected chi connectivity index (χ4v) is 1.92. The van der Waals surface area contributed by atoms with Crippen molar-refractivity contribution in [2.45, 2.75) is 6.61 Å². The summed E-state index contributed by atoms with van der Waals surface area (Å²) in [6.07, 6.45) is 1.74. The Morgan fingerprint density at radius 3 is 2.95 bits per heavy atom. The van der Waals surface area contributed by atoms with Gasteiger partial charge < -0.3 is 10.5 Å². The van der Waals surface area contributed by atoms with Crippen molar-refractivity contribution in [2.75, 3.05) is 5.73 Å². The van der Waals surface area contributed by atoms with Crippen LogP contribution in [0, 0.1) is 11.3 Å². The van der Waals surface area contributed by atoms with Gasteiger partial charge in [0.2, 0.25) is 5.95 Å². The van der Waals surface area contributed by atoms with Crippen molar-refractivity contribution in [3.05, 3.63) is 53.7 Å². The molecule has 0 radical (unpaired) electrons. The van der Waals surface area contributed by atoms with Crippen LogP contribution in [0.3, 0.4) is 0 Å². The van der Waals surface area contributed by atoms with Crippen LogP contribution in [0.1, 0.15) is 11.1 Å². The van der Waals surface area contributed by atoms with Gasteiger partial charge in [-0.25, -0.2) is 4.52 Å². The number of pyridine rings is 1. The Hall–Kier alpha value is -3.07. The molecule has 2 N–H and O–H groups in total. The van der Waals surface area contributed by atoms with E-state index in [9.17, 15) is 0 Å². The first-order valence-electron chi connectivity index (χ1n) is 5.99. The normalized spacial score (nSPS) is 10.3. The molecule has 2 heterocycles. The zero-order valence-corrected chi connectivity index (χ0v) is 10.5. The van der Waals surface area contributed by atoms with Crippen LogP contribution in [-0.4, -0.2) is 14.6 Å². The monoisotopic (exact) mass is 265 g/mol. The summed E-state index contributed by atoms with van der Waals surface area (Å²) in [6.45, 7) is 0.288. The molecule has 3 rings (SSSR count). The molecular weight excluding hydrogens is 254 g/mol. The Morgan fingerprint density at radius 2 is 2.10 bits per heavy atom. The highest BCUT2D eigenvalue weighted by molar-refractivity contribution is 5.55. The first-order chi connectivity index (χ1) is 9.78. The Kier molecular flexibility index (Phi) is 2.94. The summed E-state index contributed by atoms with van der Waals surface area (Å²) in [4.78, 5) is 4.11. The molecule has 0 saturated carbocycles. The first kappa shape index (κ1) is 12.0. The summed E-state index contributed by atoms with van der Waals surface area (Å²) in [5, 5.41) is 13.1. The molecule has 6 nitrogen and oxygen atoms in total. The van der Waals surface area contributed by atoms with Crippen molar-refractivity contribution in [1.29, 1.82) is 5.26 Å². The Balaban J connectivity index is 1.89. The summed E-state index contributed by atoms with van der Waals surface area (Å²) in [5.41, 5.74) is 7.55. The molecular formula is C14H11N5O. The average molecular weight is 265 g/mol. The summed E-state index contributed by atoms with van der Waals surface area (Å²) in [5.74, 6) is 0.767. The maximum absolute atomic E-state index is 9.04. The highest BCUT2D eigenvalue weighted by Gasteiger charge is 2.08. The molecule has 20 heavy (non-hydrogen) atoms. The number of nitriles is 1. The van der Waals surface area contributed by atoms with Gasteiger partial charge in [-0.15, -0.1) is 5.10 Å². The maximum atomic E-state index is 9.04. The van der Waals surface area contributed by atoms with E-state index in [1.165, 1.54) is 0 Å². The van der Waals surface area contributed by atoms with Gasteiger partial charge in [0.1, 0.15) is 6.61 Å². The predicted octanol–water partition coefficient (Wildman–Crippen LogP) is 1.76. The molecule has 3 aromatic rings. The molecule has 0 aliphatic heterocycles. The molecule has 0 fully saturated rings. The smallest absolute Gasteiger partial charge is 0.240 e. The van der Waals surface area contributed by atoms with Gasteiger partial charge in [-0.05, 0) is 18.2 Å². The van der Waals surface area contributed by atoms with E-state index in [4.69, 9.17) is 15.7 Å². The lowest BCUT2D eigenvalue weighted by Crippen LogP contribution is -2.00. The van der Waals surface area contributed by atoms with Gasteiger partial charge in [0.25, 0.3) is 0 Å². The van der Waals surface area contributed by atoms with Crippen molar-refractivity contribution in [3.8, 4) is 11.8 Å². The lowest BCUT2D eigenvalue weighted by Gasteiger charge is -2.07. The van der Waals surface area contributed by atoms with E-state index in [0.29, 0.717) is 17.0 Å². The number of rotatable bonds is 3. The molecule has 0 spiro atoms. The van der Waals surface area contributed by atoms with Crippen LogP contribution < -0.4 is 10.5 Å². The van der Waals surface area contributed by atoms with Gasteiger partial charge in [0.15, 0.2) is 11.4 Å². The molecule has 0 unspecified atom stereocenters. The number of nitrogens with zero attached hydrogens (tertiary/aromatic N) is 4. The molecule has 1 aromatic carbocycles. The number of hydrogen-bond donors (Lipinski definition) is 1. The van der Waals surface area contributed by atoms with Crippen LogP contribution in [0.25, 0.3) is 5.65 Å². The van der Waals surface area contributed by atoms with E-state index >= 15 is 0 Å². The molecule has 0 bridgehead atoms. The fourth-order valence-electron chi connectivity index (χ4n) is 1.92. The number of hydrogen-bond acceptors (Lipinski definition) is 5. The second kappa shape index (κ2) is 4.90. The van der Waals surface area contributed by atoms with Crippen LogP contribution in [0.2, 0.25) is 0 Å². The maximum Gasteiger partial charge on any atom is 0.240 e. The summed E-state index contributed by atoms with van der Waals surface area (Å²) in [6, 6.07) is 13.0. The highest BCUT2D eigenvalue weighted by Crippen LogP contribution is 2.20. The topological polar surface area (TPSA) is 89.2 Å². The summed E-state index contributed by atoms with van der Waals surface area (Å²) in [7, 11) is 0. The number of anilines is 1. The lowest BCUT2D eigenvalue weighted by molar-refractivity contribution is 0.307. The quantitative estimate of drug-likeness (QED) is 0.779. The number of fused-ring (bicyclic) bond motifs is 1. The molecule has 6 heteroatoms. The third kappa shape index (κ3) is 2.12. The number of nitrogens with two attached hydrogens (primary N) is 1. The Bertz CT molecular complexity index is 803. The number of nitrogen functional groups attached to an aromatic ring is 1. The van der Waals surface area contributed by atoms with E-state index < -0.39 is 0 Å². The molecule has 0 aliphatic carbocycles. The van der Waals surface area contributed by atoms with Gasteiger partial charge >= 0.3 is 0 Å². The number of aromatic nitrogens is 3. The molecule has 0 aliphatic rings. The van der Waals surface area contributed by atoms with E-state index in [1.807, 2.05) is 18.2 Å². The van der Waals surface area contributed by atoms with Gasteiger partial charge in [0.05, 0.1) is 11.6 Å². The summed E-state index contributed by atoms with van der Waals surface area (Å²) < 4.78 is 7.29. The number of benzene rings is 1. The Labute approximate surface area is 115 Å². The van der Waals surface area contributed by atoms with Gasteiger partial charge in [-0.3, -0.25) is 0 Å². The first-order valence-corrected chi connectivity index (χ1v) is 5.99. The van der Waals surface area contributed by atoms with Crippen LogP contribution in [-0.2, 0) is 6.61 Å². The van der Waals surface area contributed by atoms with E-state index in [1.54, 1.807) is 28.9 Å². The van der Waals surface area contributed by atoms with Gasteiger partial charge in [-0.1, -0.05) is 18.2 Å². The molecule has 0 saturated heterocycles. The van der Waals surface area contributed by atoms with Crippen molar-refractivity contribution in [3.63, 3.8) is 0 Å². The molecule has 0 amide bonds. The largest absolute Gasteiger partial charge is 0.485 e. The minimum atomic E-state index is 0.193. The van der Waals surface area contributed by atoms with Crippen LogP contribution in [0.4, 0.5) is 5.95 Å².